The first-order chi connectivity index (χ1) is 13.3. The molecule has 1 aliphatic rings. The Kier molecular flexibility index (Phi) is 5.69. The van der Waals surface area contributed by atoms with E-state index in [2.05, 4.69) is 5.32 Å². The molecule has 2 aromatic rings. The number of carbonyl (C=O) groups is 1. The van der Waals surface area contributed by atoms with Crippen molar-refractivity contribution < 1.29 is 23.4 Å². The minimum atomic E-state index is -1.21. The van der Waals surface area contributed by atoms with Crippen LogP contribution in [0, 0.1) is 17.6 Å². The van der Waals surface area contributed by atoms with E-state index in [0.29, 0.717) is 6.42 Å². The molecule has 1 unspecified atom stereocenters. The molecule has 1 fully saturated rings. The van der Waals surface area contributed by atoms with Gasteiger partial charge in [-0.1, -0.05) is 13.8 Å². The molecule has 1 aliphatic carbocycles. The maximum atomic E-state index is 14.2. The van der Waals surface area contributed by atoms with Gasteiger partial charge < -0.3 is 19.7 Å². The summed E-state index contributed by atoms with van der Waals surface area (Å²) in [5.74, 6) is -3.14. The van der Waals surface area contributed by atoms with Crippen molar-refractivity contribution in [3.8, 4) is 5.75 Å². The Morgan fingerprint density at radius 1 is 1.39 bits per heavy atom. The first kappa shape index (κ1) is 20.3. The number of aliphatic hydroxyl groups is 1. The van der Waals surface area contributed by atoms with Crippen molar-refractivity contribution in [2.45, 2.75) is 45.2 Å². The Bertz CT molecular complexity index is 967. The number of aliphatic hydroxyl groups excluding tert-OH is 1. The molecule has 0 bridgehead atoms. The number of nitrogens with zero attached hydrogens (tertiary/aromatic N) is 1. The highest BCUT2D eigenvalue weighted by molar-refractivity contribution is 5.98. The van der Waals surface area contributed by atoms with Crippen LogP contribution in [0.15, 0.2) is 17.1 Å². The number of methoxy groups -OCH3 is 1. The summed E-state index contributed by atoms with van der Waals surface area (Å²) in [5, 5.41) is 12.0. The largest absolute Gasteiger partial charge is 0.491 e. The number of rotatable bonds is 7. The minimum Gasteiger partial charge on any atom is -0.491 e. The normalized spacial score (nSPS) is 15.1. The first-order valence-corrected chi connectivity index (χ1v) is 9.31. The van der Waals surface area contributed by atoms with Crippen LogP contribution in [0.25, 0.3) is 10.9 Å². The Labute approximate surface area is 161 Å². The van der Waals surface area contributed by atoms with Crippen LogP contribution < -0.4 is 15.5 Å². The number of pyridine rings is 1. The molecule has 1 amide bonds. The van der Waals surface area contributed by atoms with Crippen molar-refractivity contribution in [3.05, 3.63) is 39.7 Å². The molecule has 8 heteroatoms. The van der Waals surface area contributed by atoms with Gasteiger partial charge in [0, 0.05) is 12.2 Å². The number of fused-ring (bicyclic) bond motifs is 1. The number of carbonyl (C=O) groups excluding carboxylic acids is 1. The van der Waals surface area contributed by atoms with Crippen LogP contribution >= 0.6 is 0 Å². The van der Waals surface area contributed by atoms with Gasteiger partial charge in [0.2, 0.25) is 11.2 Å². The fourth-order valence-electron chi connectivity index (χ4n) is 3.43. The van der Waals surface area contributed by atoms with E-state index in [4.69, 9.17) is 4.74 Å². The number of halogens is 2. The lowest BCUT2D eigenvalue weighted by Crippen LogP contribution is -2.40. The monoisotopic (exact) mass is 394 g/mol. The average molecular weight is 394 g/mol. The van der Waals surface area contributed by atoms with E-state index in [1.54, 1.807) is 4.57 Å². The third-order valence-corrected chi connectivity index (χ3v) is 4.87. The van der Waals surface area contributed by atoms with E-state index in [1.165, 1.54) is 13.3 Å². The van der Waals surface area contributed by atoms with Gasteiger partial charge in [0.25, 0.3) is 5.91 Å². The molecule has 1 atom stereocenters. The molecule has 3 rings (SSSR count). The van der Waals surface area contributed by atoms with Gasteiger partial charge in [-0.2, -0.15) is 4.39 Å². The van der Waals surface area contributed by atoms with Gasteiger partial charge in [-0.15, -0.1) is 0 Å². The second kappa shape index (κ2) is 7.87. The number of amides is 1. The Hall–Kier alpha value is -2.48. The van der Waals surface area contributed by atoms with Crippen LogP contribution in [-0.2, 0) is 0 Å². The van der Waals surface area contributed by atoms with Crippen LogP contribution in [-0.4, -0.2) is 35.3 Å². The lowest BCUT2D eigenvalue weighted by Gasteiger charge is -2.20. The van der Waals surface area contributed by atoms with Gasteiger partial charge in [0.05, 0.1) is 30.7 Å². The number of ether oxygens (including phenoxy) is 1. The maximum absolute atomic E-state index is 14.2. The Balaban J connectivity index is 2.15. The molecule has 1 heterocycles. The van der Waals surface area contributed by atoms with Crippen molar-refractivity contribution in [1.29, 1.82) is 0 Å². The maximum Gasteiger partial charge on any atom is 0.257 e. The third kappa shape index (κ3) is 3.73. The summed E-state index contributed by atoms with van der Waals surface area (Å²) in [5.41, 5.74) is -0.733. The second-order valence-corrected chi connectivity index (χ2v) is 7.59. The van der Waals surface area contributed by atoms with Crippen LogP contribution in [0.2, 0.25) is 0 Å². The van der Waals surface area contributed by atoms with Gasteiger partial charge in [0.1, 0.15) is 5.56 Å². The fraction of sp³-hybridized carbons (Fsp3) is 0.500. The zero-order valence-electron chi connectivity index (χ0n) is 16.1. The number of benzene rings is 1. The van der Waals surface area contributed by atoms with E-state index in [-0.39, 0.29) is 40.8 Å². The van der Waals surface area contributed by atoms with E-state index >= 15 is 0 Å². The Morgan fingerprint density at radius 2 is 2.07 bits per heavy atom. The van der Waals surface area contributed by atoms with Gasteiger partial charge in [-0.05, 0) is 31.2 Å². The fourth-order valence-corrected chi connectivity index (χ4v) is 3.43. The smallest absolute Gasteiger partial charge is 0.257 e. The molecule has 0 spiro atoms. The van der Waals surface area contributed by atoms with E-state index in [1.807, 2.05) is 13.8 Å². The number of hydrogen-bond donors (Lipinski definition) is 2. The average Bonchev–Trinajstić information content (AvgIpc) is 3.47. The number of aromatic nitrogens is 1. The zero-order chi connectivity index (χ0) is 20.6. The predicted octanol–water partition coefficient (Wildman–Crippen LogP) is 2.76. The predicted molar refractivity (Wildman–Crippen MR) is 101 cm³/mol. The summed E-state index contributed by atoms with van der Waals surface area (Å²) in [4.78, 5) is 25.6. The van der Waals surface area contributed by atoms with E-state index in [0.717, 1.165) is 18.9 Å². The summed E-state index contributed by atoms with van der Waals surface area (Å²) >= 11 is 0. The molecule has 152 valence electrons. The quantitative estimate of drug-likeness (QED) is 0.757. The van der Waals surface area contributed by atoms with Crippen LogP contribution in [0.1, 0.15) is 49.5 Å². The Morgan fingerprint density at radius 3 is 2.61 bits per heavy atom. The molecule has 0 saturated heterocycles. The van der Waals surface area contributed by atoms with Crippen molar-refractivity contribution in [2.24, 2.45) is 5.92 Å². The van der Waals surface area contributed by atoms with Crippen LogP contribution in [0.5, 0.6) is 5.75 Å². The van der Waals surface area contributed by atoms with Gasteiger partial charge in [0.15, 0.2) is 11.6 Å². The summed E-state index contributed by atoms with van der Waals surface area (Å²) in [7, 11) is 1.21. The lowest BCUT2D eigenvalue weighted by atomic mass is 10.0. The van der Waals surface area contributed by atoms with E-state index < -0.39 is 29.0 Å². The molecule has 6 nitrogen and oxygen atoms in total. The van der Waals surface area contributed by atoms with Crippen molar-refractivity contribution in [2.75, 3.05) is 13.7 Å². The highest BCUT2D eigenvalue weighted by atomic mass is 19.2. The summed E-state index contributed by atoms with van der Waals surface area (Å²) in [6.45, 7) is 3.64. The molecular formula is C20H24F2N2O4. The zero-order valence-corrected chi connectivity index (χ0v) is 16.1. The third-order valence-electron chi connectivity index (χ3n) is 4.87. The number of nitrogens with one attached hydrogen (secondary N) is 1. The highest BCUT2D eigenvalue weighted by Crippen LogP contribution is 2.40. The molecule has 28 heavy (non-hydrogen) atoms. The minimum absolute atomic E-state index is 0.0160. The van der Waals surface area contributed by atoms with Gasteiger partial charge >= 0.3 is 0 Å². The molecule has 1 aromatic heterocycles. The van der Waals surface area contributed by atoms with Crippen molar-refractivity contribution in [3.63, 3.8) is 0 Å². The molecule has 1 saturated carbocycles. The van der Waals surface area contributed by atoms with Gasteiger partial charge in [-0.3, -0.25) is 9.59 Å². The highest BCUT2D eigenvalue weighted by Gasteiger charge is 2.30. The van der Waals surface area contributed by atoms with Crippen molar-refractivity contribution >= 4 is 16.8 Å². The van der Waals surface area contributed by atoms with Crippen LogP contribution in [0.3, 0.4) is 0 Å². The molecule has 0 aliphatic heterocycles. The summed E-state index contributed by atoms with van der Waals surface area (Å²) in [6.07, 6.45) is 3.52. The van der Waals surface area contributed by atoms with Gasteiger partial charge in [-0.25, -0.2) is 4.39 Å². The molecule has 0 radical (unpaired) electrons. The van der Waals surface area contributed by atoms with Crippen LogP contribution in [0.4, 0.5) is 8.78 Å². The second-order valence-electron chi connectivity index (χ2n) is 7.59. The standard InChI is InChI=1S/C20H24F2N2O4/c1-10(2)6-11(9-25)23-20(27)14-8-24(12-4-5-12)17-13(18(14)26)7-15(21)16(22)19(17)28-3/h7-8,10-12,25H,4-6,9H2,1-3H3,(H,23,27). The first-order valence-electron chi connectivity index (χ1n) is 9.31. The van der Waals surface area contributed by atoms with E-state index in [9.17, 15) is 23.5 Å². The molecule has 2 N–H and O–H groups in total. The lowest BCUT2D eigenvalue weighted by molar-refractivity contribution is 0.0906. The molecular weight excluding hydrogens is 370 g/mol. The van der Waals surface area contributed by atoms with Crippen molar-refractivity contribution in [1.82, 2.24) is 9.88 Å². The summed E-state index contributed by atoms with van der Waals surface area (Å²) in [6, 6.07) is 0.289. The SMILES string of the molecule is COc1c(F)c(F)cc2c(=O)c(C(=O)NC(CO)CC(C)C)cn(C3CC3)c12. The summed E-state index contributed by atoms with van der Waals surface area (Å²) < 4.78 is 34.9. The molecule has 1 aromatic carbocycles. The topological polar surface area (TPSA) is 80.6 Å². The number of hydrogen-bond acceptors (Lipinski definition) is 4.